The van der Waals surface area contributed by atoms with E-state index < -0.39 is 0 Å². The Balaban J connectivity index is 1.37. The number of nitrogens with one attached hydrogen (secondary N) is 2. The Morgan fingerprint density at radius 2 is 2.00 bits per heavy atom. The van der Waals surface area contributed by atoms with Crippen molar-refractivity contribution in [2.24, 2.45) is 5.92 Å². The third-order valence-electron chi connectivity index (χ3n) is 5.53. The van der Waals surface area contributed by atoms with E-state index in [4.69, 9.17) is 0 Å². The van der Waals surface area contributed by atoms with Crippen molar-refractivity contribution >= 4 is 24.7 Å². The second-order valence-electron chi connectivity index (χ2n) is 7.57. The van der Waals surface area contributed by atoms with Crippen molar-refractivity contribution in [3.8, 4) is 0 Å². The Morgan fingerprint density at radius 3 is 2.69 bits per heavy atom. The highest BCUT2D eigenvalue weighted by molar-refractivity contribution is 5.95. The van der Waals surface area contributed by atoms with E-state index in [1.807, 2.05) is 42.2 Å². The first-order valence-electron chi connectivity index (χ1n) is 10.2. The molecule has 0 spiro atoms. The zero-order valence-corrected chi connectivity index (χ0v) is 17.0. The van der Waals surface area contributed by atoms with Gasteiger partial charge in [-0.2, -0.15) is 0 Å². The number of H-pyrrole nitrogens is 1. The molecule has 2 heterocycles. The molecule has 6 nitrogen and oxygen atoms in total. The van der Waals surface area contributed by atoms with E-state index >= 15 is 0 Å². The molecule has 0 aliphatic carbocycles. The van der Waals surface area contributed by atoms with Crippen LogP contribution in [0.25, 0.3) is 0 Å². The summed E-state index contributed by atoms with van der Waals surface area (Å²) in [6.45, 7) is 7.62. The average molecular weight is 394 g/mol. The molecule has 29 heavy (non-hydrogen) atoms. The van der Waals surface area contributed by atoms with Crippen molar-refractivity contribution in [3.63, 3.8) is 0 Å². The van der Waals surface area contributed by atoms with E-state index in [1.165, 1.54) is 0 Å². The van der Waals surface area contributed by atoms with Gasteiger partial charge in [-0.15, -0.1) is 4.67 Å². The molecule has 0 bridgehead atoms. The summed E-state index contributed by atoms with van der Waals surface area (Å²) in [4.78, 5) is 29.8. The van der Waals surface area contributed by atoms with Gasteiger partial charge in [-0.25, -0.2) is 0 Å². The van der Waals surface area contributed by atoms with Crippen molar-refractivity contribution in [2.45, 2.75) is 32.6 Å². The van der Waals surface area contributed by atoms with Crippen molar-refractivity contribution in [3.05, 3.63) is 58.9 Å². The minimum Gasteiger partial charge on any atom is -0.354 e. The molecular weight excluding hydrogens is 364 g/mol. The number of aryl methyl sites for hydroxylation is 1. The Labute approximate surface area is 171 Å². The summed E-state index contributed by atoms with van der Waals surface area (Å²) in [6, 6.07) is 11.3. The van der Waals surface area contributed by atoms with Crippen LogP contribution >= 0.6 is 0 Å². The Hall–Kier alpha value is -3.11. The lowest BCUT2D eigenvalue weighted by Gasteiger charge is -2.32. The lowest BCUT2D eigenvalue weighted by atomic mass is 9.92. The first-order chi connectivity index (χ1) is 14.1. The first-order valence-corrected chi connectivity index (χ1v) is 10.2. The van der Waals surface area contributed by atoms with Gasteiger partial charge in [-0.1, -0.05) is 18.2 Å². The number of hydrogen-bond acceptors (Lipinski definition) is 2. The van der Waals surface area contributed by atoms with Gasteiger partial charge in [0.05, 0.1) is 5.56 Å². The van der Waals surface area contributed by atoms with Gasteiger partial charge in [-0.05, 0) is 56.7 Å². The van der Waals surface area contributed by atoms with Gasteiger partial charge in [0.25, 0.3) is 18.5 Å². The predicted molar refractivity (Wildman–Crippen MR) is 117 cm³/mol. The van der Waals surface area contributed by atoms with Gasteiger partial charge in [0.15, 0.2) is 0 Å². The van der Waals surface area contributed by atoms with Crippen molar-refractivity contribution in [1.82, 2.24) is 19.9 Å². The van der Waals surface area contributed by atoms with Gasteiger partial charge >= 0.3 is 6.21 Å². The highest BCUT2D eigenvalue weighted by Crippen LogP contribution is 2.23. The maximum atomic E-state index is 12.5. The van der Waals surface area contributed by atoms with Gasteiger partial charge in [0, 0.05) is 30.9 Å². The maximum absolute atomic E-state index is 12.5. The molecule has 1 fully saturated rings. The van der Waals surface area contributed by atoms with Crippen LogP contribution < -0.4 is 9.98 Å². The van der Waals surface area contributed by atoms with E-state index in [1.54, 1.807) is 12.3 Å². The topological polar surface area (TPSA) is 79.3 Å². The smallest absolute Gasteiger partial charge is 0.300 e. The number of benzene rings is 1. The van der Waals surface area contributed by atoms with Crippen LogP contribution in [0.4, 0.5) is 0 Å². The summed E-state index contributed by atoms with van der Waals surface area (Å²) in [5.41, 5.74) is 3.09. The van der Waals surface area contributed by atoms with E-state index in [-0.39, 0.29) is 11.8 Å². The summed E-state index contributed by atoms with van der Waals surface area (Å²) >= 11 is 0. The fraction of sp³-hybridized carbons (Fsp3) is 0.391. The molecule has 1 aliphatic heterocycles. The molecule has 1 aromatic carbocycles. The molecule has 2 N–H and O–H groups in total. The van der Waals surface area contributed by atoms with E-state index in [0.717, 1.165) is 55.6 Å². The van der Waals surface area contributed by atoms with Crippen molar-refractivity contribution in [2.75, 3.05) is 19.6 Å². The number of aromatic amines is 1. The van der Waals surface area contributed by atoms with E-state index in [0.29, 0.717) is 18.2 Å². The normalized spacial score (nSPS) is 14.3. The molecular formula is C23H29N4O2+. The molecule has 3 rings (SSSR count). The van der Waals surface area contributed by atoms with Crippen LogP contribution in [0.1, 0.15) is 57.8 Å². The lowest BCUT2D eigenvalue weighted by Crippen LogP contribution is -2.38. The molecule has 0 saturated carbocycles. The number of likely N-dealkylation sites (tertiary alicyclic amines) is 1. The van der Waals surface area contributed by atoms with Gasteiger partial charge in [0.2, 0.25) is 0 Å². The van der Waals surface area contributed by atoms with Crippen molar-refractivity contribution in [1.29, 1.82) is 0 Å². The summed E-state index contributed by atoms with van der Waals surface area (Å²) < 4.78 is 3.75. The van der Waals surface area contributed by atoms with Crippen LogP contribution in [0.5, 0.6) is 0 Å². The number of rotatable bonds is 7. The predicted octanol–water partition coefficient (Wildman–Crippen LogP) is 2.57. The highest BCUT2D eigenvalue weighted by Gasteiger charge is 2.23. The molecule has 0 radical (unpaired) electrons. The Kier molecular flexibility index (Phi) is 7.04. The fourth-order valence-corrected chi connectivity index (χ4v) is 3.80. The molecule has 6 heteroatoms. The number of carbonyl (C=O) groups is 2. The first kappa shape index (κ1) is 20.6. The van der Waals surface area contributed by atoms with Crippen LogP contribution in [-0.4, -0.2) is 54.3 Å². The monoisotopic (exact) mass is 393 g/mol. The van der Waals surface area contributed by atoms with E-state index in [2.05, 4.69) is 21.7 Å². The summed E-state index contributed by atoms with van der Waals surface area (Å²) in [6.07, 6.45) is 5.69. The Bertz CT molecular complexity index is 889. The largest absolute Gasteiger partial charge is 0.354 e. The number of nitrogens with zero attached hydrogens (tertiary/aromatic N) is 2. The quantitative estimate of drug-likeness (QED) is 0.431. The molecule has 0 atom stereocenters. The van der Waals surface area contributed by atoms with Crippen LogP contribution in [-0.2, 0) is 0 Å². The van der Waals surface area contributed by atoms with Gasteiger partial charge in [0.1, 0.15) is 5.69 Å². The second kappa shape index (κ2) is 9.89. The minimum atomic E-state index is -0.0971. The van der Waals surface area contributed by atoms with Gasteiger partial charge in [-0.3, -0.25) is 9.59 Å². The Morgan fingerprint density at radius 1 is 1.28 bits per heavy atom. The number of carbonyl (C=O) groups excluding carboxylic acids is 2. The van der Waals surface area contributed by atoms with Crippen LogP contribution in [0.15, 0.2) is 36.4 Å². The number of hydrogen-bond donors (Lipinski definition) is 2. The summed E-state index contributed by atoms with van der Waals surface area (Å²) in [7, 11) is 0. The SMILES string of the molecule is C=[N+]=Cc1cc(C(=O)NCCCC2CCN(C(=O)c3ccccc3)CC2)[nH]c1C. The molecule has 1 saturated heterocycles. The molecule has 0 unspecified atom stereocenters. The molecule has 1 aliphatic rings. The third kappa shape index (κ3) is 5.46. The van der Waals surface area contributed by atoms with Gasteiger partial charge < -0.3 is 15.2 Å². The van der Waals surface area contributed by atoms with Crippen LogP contribution in [0.3, 0.4) is 0 Å². The average Bonchev–Trinajstić information content (AvgIpc) is 3.12. The fourth-order valence-electron chi connectivity index (χ4n) is 3.80. The second-order valence-corrected chi connectivity index (χ2v) is 7.57. The number of amides is 2. The molecule has 1 aromatic heterocycles. The third-order valence-corrected chi connectivity index (χ3v) is 5.53. The highest BCUT2D eigenvalue weighted by atomic mass is 16.2. The zero-order chi connectivity index (χ0) is 20.6. The number of piperidine rings is 1. The summed E-state index contributed by atoms with van der Waals surface area (Å²) in [5, 5.41) is 2.97. The van der Waals surface area contributed by atoms with Crippen molar-refractivity contribution < 1.29 is 9.59 Å². The zero-order valence-electron chi connectivity index (χ0n) is 17.0. The van der Waals surface area contributed by atoms with Crippen LogP contribution in [0.2, 0.25) is 0 Å². The minimum absolute atomic E-state index is 0.0971. The number of aromatic nitrogens is 1. The molecule has 2 aromatic rings. The lowest BCUT2D eigenvalue weighted by molar-refractivity contribution is 0.0685. The molecule has 2 amide bonds. The molecule has 152 valence electrons. The van der Waals surface area contributed by atoms with E-state index in [9.17, 15) is 9.59 Å². The standard InChI is InChI=1S/C23H28N4O2/c1-17-20(16-24-2)15-21(26-17)22(28)25-12-6-7-18-10-13-27(14-11-18)23(29)19-8-4-3-5-9-19/h3-5,8-9,15-16,18H,2,6-7,10-14H2,1H3,(H,25,28)/p+1. The maximum Gasteiger partial charge on any atom is 0.300 e. The summed E-state index contributed by atoms with van der Waals surface area (Å²) in [5.74, 6) is 0.639. The van der Waals surface area contributed by atoms with Crippen LogP contribution in [0, 0.1) is 12.8 Å².